The maximum atomic E-state index is 12.6. The molecular weight excluding hydrogens is 286 g/mol. The molecule has 0 spiro atoms. The second kappa shape index (κ2) is 5.72. The minimum absolute atomic E-state index is 0.0511. The SMILES string of the molecule is NCC1CCN(C(=O)c2n[nH]c3ccc([N+](=O)[O-])cc23)CC1. The molecule has 3 N–H and O–H groups in total. The zero-order valence-electron chi connectivity index (χ0n) is 12.0. The molecule has 1 aromatic carbocycles. The van der Waals surface area contributed by atoms with Crippen LogP contribution in [-0.2, 0) is 0 Å². The van der Waals surface area contributed by atoms with Gasteiger partial charge in [-0.15, -0.1) is 0 Å². The molecule has 1 fully saturated rings. The van der Waals surface area contributed by atoms with E-state index in [0.717, 1.165) is 12.8 Å². The second-order valence-electron chi connectivity index (χ2n) is 5.53. The number of nitro groups is 1. The Morgan fingerprint density at radius 1 is 1.45 bits per heavy atom. The number of hydrogen-bond donors (Lipinski definition) is 2. The number of rotatable bonds is 3. The number of likely N-dealkylation sites (tertiary alicyclic amines) is 1. The minimum atomic E-state index is -0.479. The molecule has 8 nitrogen and oxygen atoms in total. The Kier molecular flexibility index (Phi) is 3.76. The number of carbonyl (C=O) groups excluding carboxylic acids is 1. The van der Waals surface area contributed by atoms with E-state index in [9.17, 15) is 14.9 Å². The van der Waals surface area contributed by atoms with Crippen molar-refractivity contribution in [2.45, 2.75) is 12.8 Å². The molecule has 0 aliphatic carbocycles. The van der Waals surface area contributed by atoms with E-state index in [1.165, 1.54) is 12.1 Å². The van der Waals surface area contributed by atoms with Crippen molar-refractivity contribution in [2.75, 3.05) is 19.6 Å². The van der Waals surface area contributed by atoms with Crippen LogP contribution in [0.5, 0.6) is 0 Å². The standard InChI is InChI=1S/C14H17N5O3/c15-8-9-3-5-18(6-4-9)14(20)13-11-7-10(19(21)22)1-2-12(11)16-17-13/h1-2,7,9H,3-6,8,15H2,(H,16,17). The molecule has 1 aliphatic rings. The highest BCUT2D eigenvalue weighted by atomic mass is 16.6. The van der Waals surface area contributed by atoms with Crippen LogP contribution in [0.3, 0.4) is 0 Å². The van der Waals surface area contributed by atoms with Crippen LogP contribution < -0.4 is 5.73 Å². The summed E-state index contributed by atoms with van der Waals surface area (Å²) in [4.78, 5) is 24.7. The summed E-state index contributed by atoms with van der Waals surface area (Å²) in [5.74, 6) is 0.267. The third-order valence-electron chi connectivity index (χ3n) is 4.19. The topological polar surface area (TPSA) is 118 Å². The largest absolute Gasteiger partial charge is 0.337 e. The molecule has 22 heavy (non-hydrogen) atoms. The Labute approximate surface area is 126 Å². The van der Waals surface area contributed by atoms with Crippen molar-refractivity contribution in [3.8, 4) is 0 Å². The molecule has 1 amide bonds. The number of benzene rings is 1. The van der Waals surface area contributed by atoms with Gasteiger partial charge in [0, 0.05) is 30.6 Å². The first-order valence-corrected chi connectivity index (χ1v) is 7.22. The molecule has 0 atom stereocenters. The van der Waals surface area contributed by atoms with Crippen molar-refractivity contribution in [1.82, 2.24) is 15.1 Å². The Bertz CT molecular complexity index is 718. The lowest BCUT2D eigenvalue weighted by atomic mass is 9.97. The van der Waals surface area contributed by atoms with Gasteiger partial charge in [0.1, 0.15) is 0 Å². The molecule has 8 heteroatoms. The van der Waals surface area contributed by atoms with Crippen molar-refractivity contribution in [3.05, 3.63) is 34.0 Å². The number of aromatic nitrogens is 2. The van der Waals surface area contributed by atoms with E-state index < -0.39 is 4.92 Å². The van der Waals surface area contributed by atoms with Gasteiger partial charge in [-0.2, -0.15) is 5.10 Å². The zero-order valence-corrected chi connectivity index (χ0v) is 12.0. The van der Waals surface area contributed by atoms with E-state index in [1.54, 1.807) is 11.0 Å². The number of H-pyrrole nitrogens is 1. The summed E-state index contributed by atoms with van der Waals surface area (Å²) in [5.41, 5.74) is 6.46. The fraction of sp³-hybridized carbons (Fsp3) is 0.429. The maximum absolute atomic E-state index is 12.6. The lowest BCUT2D eigenvalue weighted by molar-refractivity contribution is -0.384. The fourth-order valence-corrected chi connectivity index (χ4v) is 2.80. The summed E-state index contributed by atoms with van der Waals surface area (Å²) in [6.07, 6.45) is 1.76. The quantitative estimate of drug-likeness (QED) is 0.654. The Morgan fingerprint density at radius 2 is 2.18 bits per heavy atom. The number of amides is 1. The number of fused-ring (bicyclic) bond motifs is 1. The average molecular weight is 303 g/mol. The number of carbonyl (C=O) groups is 1. The van der Waals surface area contributed by atoms with Crippen molar-refractivity contribution in [3.63, 3.8) is 0 Å². The Morgan fingerprint density at radius 3 is 2.82 bits per heavy atom. The van der Waals surface area contributed by atoms with Crippen LogP contribution in [0.1, 0.15) is 23.3 Å². The van der Waals surface area contributed by atoms with Gasteiger partial charge in [0.15, 0.2) is 5.69 Å². The van der Waals surface area contributed by atoms with Gasteiger partial charge in [0.05, 0.1) is 10.4 Å². The average Bonchev–Trinajstić information content (AvgIpc) is 2.97. The van der Waals surface area contributed by atoms with E-state index >= 15 is 0 Å². The molecular formula is C14H17N5O3. The fourth-order valence-electron chi connectivity index (χ4n) is 2.80. The van der Waals surface area contributed by atoms with Crippen LogP contribution in [0.4, 0.5) is 5.69 Å². The highest BCUT2D eigenvalue weighted by molar-refractivity contribution is 6.05. The molecule has 0 unspecified atom stereocenters. The van der Waals surface area contributed by atoms with Crippen LogP contribution in [0.2, 0.25) is 0 Å². The first-order chi connectivity index (χ1) is 10.6. The predicted octanol–water partition coefficient (Wildman–Crippen LogP) is 1.28. The van der Waals surface area contributed by atoms with Gasteiger partial charge in [0.25, 0.3) is 11.6 Å². The van der Waals surface area contributed by atoms with Gasteiger partial charge in [-0.3, -0.25) is 20.0 Å². The Balaban J connectivity index is 1.88. The molecule has 1 saturated heterocycles. The van der Waals surface area contributed by atoms with Gasteiger partial charge in [-0.25, -0.2) is 0 Å². The van der Waals surface area contributed by atoms with Gasteiger partial charge in [-0.05, 0) is 31.4 Å². The number of piperidine rings is 1. The molecule has 0 radical (unpaired) electrons. The third-order valence-corrected chi connectivity index (χ3v) is 4.19. The molecule has 116 valence electrons. The van der Waals surface area contributed by atoms with Gasteiger partial charge < -0.3 is 10.6 Å². The lowest BCUT2D eigenvalue weighted by Crippen LogP contribution is -2.40. The van der Waals surface area contributed by atoms with Crippen LogP contribution in [0.25, 0.3) is 10.9 Å². The summed E-state index contributed by atoms with van der Waals surface area (Å²) >= 11 is 0. The third kappa shape index (κ3) is 2.52. The number of nitrogens with two attached hydrogens (primary N) is 1. The van der Waals surface area contributed by atoms with E-state index in [2.05, 4.69) is 10.2 Å². The number of hydrogen-bond acceptors (Lipinski definition) is 5. The van der Waals surface area contributed by atoms with E-state index in [-0.39, 0.29) is 17.3 Å². The second-order valence-corrected chi connectivity index (χ2v) is 5.53. The van der Waals surface area contributed by atoms with Gasteiger partial charge in [0.2, 0.25) is 0 Å². The highest BCUT2D eigenvalue weighted by Crippen LogP contribution is 2.24. The predicted molar refractivity (Wildman–Crippen MR) is 80.4 cm³/mol. The molecule has 1 aliphatic heterocycles. The van der Waals surface area contributed by atoms with Crippen LogP contribution >= 0.6 is 0 Å². The van der Waals surface area contributed by atoms with E-state index in [1.807, 2.05) is 0 Å². The lowest BCUT2D eigenvalue weighted by Gasteiger charge is -2.30. The van der Waals surface area contributed by atoms with E-state index in [0.29, 0.717) is 36.5 Å². The normalized spacial score (nSPS) is 16.1. The monoisotopic (exact) mass is 303 g/mol. The number of nitrogens with zero attached hydrogens (tertiary/aromatic N) is 3. The van der Waals surface area contributed by atoms with Crippen molar-refractivity contribution in [2.24, 2.45) is 11.7 Å². The molecule has 2 heterocycles. The number of non-ortho nitro benzene ring substituents is 1. The Hall–Kier alpha value is -2.48. The number of nitro benzene ring substituents is 1. The van der Waals surface area contributed by atoms with Gasteiger partial charge in [-0.1, -0.05) is 0 Å². The minimum Gasteiger partial charge on any atom is -0.337 e. The number of nitrogens with one attached hydrogen (secondary N) is 1. The summed E-state index contributed by atoms with van der Waals surface area (Å²) < 4.78 is 0. The van der Waals surface area contributed by atoms with Crippen molar-refractivity contribution < 1.29 is 9.72 Å². The zero-order chi connectivity index (χ0) is 15.7. The molecule has 2 aromatic rings. The molecule has 0 bridgehead atoms. The van der Waals surface area contributed by atoms with Crippen LogP contribution in [0, 0.1) is 16.0 Å². The van der Waals surface area contributed by atoms with Crippen molar-refractivity contribution in [1.29, 1.82) is 0 Å². The first-order valence-electron chi connectivity index (χ1n) is 7.22. The summed E-state index contributed by atoms with van der Waals surface area (Å²) in [6.45, 7) is 1.92. The number of aromatic amines is 1. The summed E-state index contributed by atoms with van der Waals surface area (Å²) in [5, 5.41) is 18.2. The van der Waals surface area contributed by atoms with Crippen LogP contribution in [0.15, 0.2) is 18.2 Å². The highest BCUT2D eigenvalue weighted by Gasteiger charge is 2.26. The smallest absolute Gasteiger partial charge is 0.274 e. The first kappa shape index (κ1) is 14.5. The summed E-state index contributed by atoms with van der Waals surface area (Å²) in [6, 6.07) is 4.35. The molecule has 1 aromatic heterocycles. The van der Waals surface area contributed by atoms with Crippen LogP contribution in [-0.4, -0.2) is 45.6 Å². The van der Waals surface area contributed by atoms with Crippen molar-refractivity contribution >= 4 is 22.5 Å². The van der Waals surface area contributed by atoms with Gasteiger partial charge >= 0.3 is 0 Å². The van der Waals surface area contributed by atoms with E-state index in [4.69, 9.17) is 5.73 Å². The summed E-state index contributed by atoms with van der Waals surface area (Å²) in [7, 11) is 0. The maximum Gasteiger partial charge on any atom is 0.274 e. The molecule has 3 rings (SSSR count). The molecule has 0 saturated carbocycles.